The Kier molecular flexibility index (Phi) is 10.1. The van der Waals surface area contributed by atoms with Crippen LogP contribution in [0.2, 0.25) is 0 Å². The van der Waals surface area contributed by atoms with Gasteiger partial charge in [0, 0.05) is 46.5 Å². The van der Waals surface area contributed by atoms with Crippen LogP contribution in [0.1, 0.15) is 72.2 Å². The van der Waals surface area contributed by atoms with E-state index in [-0.39, 0.29) is 17.6 Å². The van der Waals surface area contributed by atoms with Crippen LogP contribution < -0.4 is 0 Å². The van der Waals surface area contributed by atoms with E-state index in [1.807, 2.05) is 0 Å². The lowest BCUT2D eigenvalue weighted by Crippen LogP contribution is -2.83. The third kappa shape index (κ3) is 5.77. The molecule has 15 heteroatoms. The predicted molar refractivity (Wildman–Crippen MR) is 176 cm³/mol. The second-order valence-corrected chi connectivity index (χ2v) is 14.5. The minimum Gasteiger partial charge on any atom is -0.462 e. The first-order valence-corrected chi connectivity index (χ1v) is 17.1. The highest BCUT2D eigenvalue weighted by Crippen LogP contribution is 2.71. The van der Waals surface area contributed by atoms with E-state index in [1.165, 1.54) is 32.9 Å². The van der Waals surface area contributed by atoms with Gasteiger partial charge in [-0.25, -0.2) is 4.79 Å². The molecule has 1 aromatic rings. The van der Waals surface area contributed by atoms with Gasteiger partial charge in [-0.15, -0.1) is 0 Å². The topological polar surface area (TPSA) is 207 Å². The van der Waals surface area contributed by atoms with Crippen molar-refractivity contribution in [2.75, 3.05) is 6.61 Å². The quantitative estimate of drug-likeness (QED) is 0.212. The van der Waals surface area contributed by atoms with Gasteiger partial charge in [-0.3, -0.25) is 24.0 Å². The molecule has 5 aliphatic rings. The Morgan fingerprint density at radius 3 is 1.81 bits per heavy atom. The molecular formula is C37H46O15. The van der Waals surface area contributed by atoms with Crippen LogP contribution in [0.25, 0.3) is 0 Å². The SMILES string of the molecule is C=C(C)C1(O)C(OC(=O)c2ccccc2)C(C)C2(O)C(C(OC(C)=O)C3(COC(C)=O)OC4(C(OC(C)=O)C(C)CC24)C3OC(C)=O)C1OC(C)=O. The second-order valence-electron chi connectivity index (χ2n) is 14.5. The Labute approximate surface area is 300 Å². The molecular weight excluding hydrogens is 684 g/mol. The zero-order valence-corrected chi connectivity index (χ0v) is 30.4. The molecule has 2 heterocycles. The molecule has 2 saturated heterocycles. The molecule has 1 aromatic carbocycles. The van der Waals surface area contributed by atoms with Crippen molar-refractivity contribution in [2.24, 2.45) is 23.7 Å². The van der Waals surface area contributed by atoms with E-state index in [1.54, 1.807) is 25.1 Å². The van der Waals surface area contributed by atoms with Gasteiger partial charge in [0.15, 0.2) is 22.9 Å². The molecule has 13 unspecified atom stereocenters. The number of esters is 6. The first-order chi connectivity index (χ1) is 24.2. The maximum Gasteiger partial charge on any atom is 0.338 e. The van der Waals surface area contributed by atoms with Crippen LogP contribution in [-0.4, -0.2) is 106 Å². The number of rotatable bonds is 9. The molecule has 0 amide bonds. The summed E-state index contributed by atoms with van der Waals surface area (Å²) in [6.45, 7) is 13.4. The summed E-state index contributed by atoms with van der Waals surface area (Å²) >= 11 is 0. The Hall–Kier alpha value is -4.34. The van der Waals surface area contributed by atoms with Crippen molar-refractivity contribution in [1.29, 1.82) is 0 Å². The van der Waals surface area contributed by atoms with Crippen molar-refractivity contribution in [1.82, 2.24) is 0 Å². The lowest BCUT2D eigenvalue weighted by atomic mass is 9.52. The van der Waals surface area contributed by atoms with Crippen LogP contribution in [-0.2, 0) is 57.1 Å². The molecule has 5 fully saturated rings. The molecule has 6 rings (SSSR count). The highest BCUT2D eigenvalue weighted by Gasteiger charge is 2.89. The van der Waals surface area contributed by atoms with E-state index >= 15 is 0 Å². The van der Waals surface area contributed by atoms with Crippen LogP contribution in [0.15, 0.2) is 42.5 Å². The monoisotopic (exact) mass is 730 g/mol. The summed E-state index contributed by atoms with van der Waals surface area (Å²) in [6.07, 6.45) is -8.08. The second kappa shape index (κ2) is 13.6. The molecule has 0 aromatic heterocycles. The standard InChI is InChI=1S/C37H46O15/c1-17(2)35(44)29(51-32(43)25-13-11-10-12-14-25)19(4)36(45)26-15-18(3)28(47-21(6)39)37(26)33(50-24(9)42)34(52-37,16-46-20(5)38)30(48-22(7)40)27(36)31(35)49-23(8)41/h10-14,18-19,26-31,33,44-45H,1,15-16H2,2-9H3. The molecule has 15 nitrogen and oxygen atoms in total. The summed E-state index contributed by atoms with van der Waals surface area (Å²) < 4.78 is 42.1. The van der Waals surface area contributed by atoms with Crippen molar-refractivity contribution in [2.45, 2.75) is 115 Å². The van der Waals surface area contributed by atoms with E-state index in [4.69, 9.17) is 33.2 Å². The van der Waals surface area contributed by atoms with E-state index < -0.39 is 119 Å². The first kappa shape index (κ1) is 38.9. The lowest BCUT2D eigenvalue weighted by Gasteiger charge is -2.62. The maximum absolute atomic E-state index is 13.7. The number of carbonyl (C=O) groups excluding carboxylic acids is 6. The van der Waals surface area contributed by atoms with Gasteiger partial charge in [0.2, 0.25) is 0 Å². The summed E-state index contributed by atoms with van der Waals surface area (Å²) in [6, 6.07) is 7.87. The smallest absolute Gasteiger partial charge is 0.338 e. The van der Waals surface area contributed by atoms with Crippen molar-refractivity contribution >= 4 is 35.8 Å². The zero-order chi connectivity index (χ0) is 38.7. The van der Waals surface area contributed by atoms with Crippen LogP contribution in [0.4, 0.5) is 0 Å². The van der Waals surface area contributed by atoms with Crippen LogP contribution in [0, 0.1) is 23.7 Å². The highest BCUT2D eigenvalue weighted by molar-refractivity contribution is 5.89. The average Bonchev–Trinajstić information content (AvgIpc) is 3.27. The predicted octanol–water partition coefficient (Wildman–Crippen LogP) is 1.98. The summed E-state index contributed by atoms with van der Waals surface area (Å²) in [7, 11) is 0. The Balaban J connectivity index is 1.88. The van der Waals surface area contributed by atoms with Gasteiger partial charge in [-0.1, -0.05) is 38.6 Å². The van der Waals surface area contributed by atoms with Gasteiger partial charge in [0.1, 0.15) is 31.0 Å². The van der Waals surface area contributed by atoms with Gasteiger partial charge >= 0.3 is 35.8 Å². The van der Waals surface area contributed by atoms with Crippen molar-refractivity contribution in [3.05, 3.63) is 48.0 Å². The molecule has 13 atom stereocenters. The summed E-state index contributed by atoms with van der Waals surface area (Å²) in [5.74, 6) is -9.91. The van der Waals surface area contributed by atoms with Crippen molar-refractivity contribution in [3.63, 3.8) is 0 Å². The fourth-order valence-corrected chi connectivity index (χ4v) is 9.44. The van der Waals surface area contributed by atoms with E-state index in [2.05, 4.69) is 6.58 Å². The lowest BCUT2D eigenvalue weighted by molar-refractivity contribution is -0.403. The normalized spacial score (nSPS) is 39.9. The number of hydrogen-bond acceptors (Lipinski definition) is 15. The molecule has 0 radical (unpaired) electrons. The van der Waals surface area contributed by atoms with Gasteiger partial charge in [0.05, 0.1) is 17.1 Å². The Bertz CT molecular complexity index is 1660. The number of benzene rings is 1. The molecule has 2 bridgehead atoms. The minimum absolute atomic E-state index is 0.0150. The van der Waals surface area contributed by atoms with E-state index in [0.717, 1.165) is 27.7 Å². The summed E-state index contributed by atoms with van der Waals surface area (Å²) in [4.78, 5) is 77.7. The molecule has 2 aliphatic heterocycles. The van der Waals surface area contributed by atoms with Crippen LogP contribution >= 0.6 is 0 Å². The largest absolute Gasteiger partial charge is 0.462 e. The summed E-state index contributed by atoms with van der Waals surface area (Å²) in [5, 5.41) is 26.5. The number of hydrogen-bond donors (Lipinski definition) is 2. The fraction of sp³-hybridized carbons (Fsp3) is 0.622. The molecule has 3 saturated carbocycles. The zero-order valence-electron chi connectivity index (χ0n) is 30.4. The third-order valence-electron chi connectivity index (χ3n) is 11.2. The van der Waals surface area contributed by atoms with Crippen LogP contribution in [0.5, 0.6) is 0 Å². The van der Waals surface area contributed by atoms with Gasteiger partial charge in [-0.05, 0) is 37.0 Å². The van der Waals surface area contributed by atoms with Gasteiger partial charge in [0.25, 0.3) is 0 Å². The molecule has 284 valence electrons. The van der Waals surface area contributed by atoms with E-state index in [9.17, 15) is 39.0 Å². The Morgan fingerprint density at radius 1 is 0.750 bits per heavy atom. The highest BCUT2D eigenvalue weighted by atomic mass is 16.7. The van der Waals surface area contributed by atoms with E-state index in [0.29, 0.717) is 0 Å². The van der Waals surface area contributed by atoms with Crippen molar-refractivity contribution in [3.8, 4) is 0 Å². The number of aliphatic hydroxyl groups is 2. The fourth-order valence-electron chi connectivity index (χ4n) is 9.44. The van der Waals surface area contributed by atoms with Crippen LogP contribution in [0.3, 0.4) is 0 Å². The maximum atomic E-state index is 13.7. The molecule has 3 aliphatic carbocycles. The Morgan fingerprint density at radius 2 is 1.29 bits per heavy atom. The average molecular weight is 731 g/mol. The van der Waals surface area contributed by atoms with Gasteiger partial charge in [-0.2, -0.15) is 0 Å². The minimum atomic E-state index is -2.47. The summed E-state index contributed by atoms with van der Waals surface area (Å²) in [5.41, 5.74) is -8.74. The molecule has 52 heavy (non-hydrogen) atoms. The molecule has 1 spiro atoms. The first-order valence-electron chi connectivity index (χ1n) is 17.1. The third-order valence-corrected chi connectivity index (χ3v) is 11.2. The number of ether oxygens (including phenoxy) is 7. The number of carbonyl (C=O) groups is 6. The molecule has 2 N–H and O–H groups in total. The van der Waals surface area contributed by atoms with Gasteiger partial charge < -0.3 is 43.4 Å². The van der Waals surface area contributed by atoms with Crippen molar-refractivity contribution < 1.29 is 72.1 Å².